The van der Waals surface area contributed by atoms with E-state index >= 15 is 0 Å². The van der Waals surface area contributed by atoms with Crippen LogP contribution in [0.1, 0.15) is 36.8 Å². The first-order valence-electron chi connectivity index (χ1n) is 10.4. The first kappa shape index (κ1) is 25.7. The molecule has 1 aromatic carbocycles. The number of likely N-dealkylation sites (N-methyl/N-ethyl adjacent to an activating group) is 1. The predicted molar refractivity (Wildman–Crippen MR) is 125 cm³/mol. The molecule has 6 nitrogen and oxygen atoms in total. The standard InChI is InChI=1S/C21H30F3N5O.HI/c1-28(2)19(30)14-26-20(27-17-8-10-29(11-9-17)18-6-7-18)25-13-15-4-3-5-16(12-15)21(22,23)24;/h3-5,12,17-18H,6-11,13-14H2,1-2H3,(H2,25,26,27);1H. The molecule has 2 aliphatic rings. The minimum Gasteiger partial charge on any atom is -0.354 e. The zero-order valence-electron chi connectivity index (χ0n) is 17.9. The van der Waals surface area contributed by atoms with Gasteiger partial charge >= 0.3 is 6.18 Å². The van der Waals surface area contributed by atoms with Crippen LogP contribution in [0.5, 0.6) is 0 Å². The molecule has 31 heavy (non-hydrogen) atoms. The quantitative estimate of drug-likeness (QED) is 0.323. The van der Waals surface area contributed by atoms with Gasteiger partial charge in [0.1, 0.15) is 0 Å². The van der Waals surface area contributed by atoms with Gasteiger partial charge in [-0.3, -0.25) is 4.79 Å². The number of aliphatic imine (C=N–C) groups is 1. The Hall–Kier alpha value is -1.56. The van der Waals surface area contributed by atoms with Gasteiger partial charge in [-0.15, -0.1) is 24.0 Å². The Morgan fingerprint density at radius 3 is 2.45 bits per heavy atom. The van der Waals surface area contributed by atoms with Crippen molar-refractivity contribution >= 4 is 35.8 Å². The average Bonchev–Trinajstić information content (AvgIpc) is 3.55. The molecule has 0 radical (unpaired) electrons. The Morgan fingerprint density at radius 2 is 1.87 bits per heavy atom. The van der Waals surface area contributed by atoms with Crippen LogP contribution >= 0.6 is 24.0 Å². The lowest BCUT2D eigenvalue weighted by Crippen LogP contribution is -2.50. The molecule has 0 aromatic heterocycles. The zero-order chi connectivity index (χ0) is 21.7. The first-order chi connectivity index (χ1) is 14.2. The lowest BCUT2D eigenvalue weighted by atomic mass is 10.1. The van der Waals surface area contributed by atoms with E-state index in [1.54, 1.807) is 20.2 Å². The van der Waals surface area contributed by atoms with Gasteiger partial charge in [0.25, 0.3) is 0 Å². The molecule has 2 N–H and O–H groups in total. The summed E-state index contributed by atoms with van der Waals surface area (Å²) in [5.41, 5.74) is -0.221. The molecule has 0 atom stereocenters. The second kappa shape index (κ2) is 11.3. The fourth-order valence-corrected chi connectivity index (χ4v) is 3.53. The van der Waals surface area contributed by atoms with Crippen LogP contribution in [0.4, 0.5) is 13.2 Å². The molecule has 0 unspecified atom stereocenters. The second-order valence-electron chi connectivity index (χ2n) is 8.19. The number of hydrogen-bond donors (Lipinski definition) is 2. The highest BCUT2D eigenvalue weighted by atomic mass is 127. The number of nitrogens with one attached hydrogen (secondary N) is 2. The van der Waals surface area contributed by atoms with Crippen molar-refractivity contribution in [2.45, 2.75) is 50.5 Å². The van der Waals surface area contributed by atoms with Crippen molar-refractivity contribution in [3.63, 3.8) is 0 Å². The lowest BCUT2D eigenvalue weighted by molar-refractivity contribution is -0.137. The molecule has 1 aliphatic carbocycles. The van der Waals surface area contributed by atoms with Crippen LogP contribution in [-0.2, 0) is 17.5 Å². The summed E-state index contributed by atoms with van der Waals surface area (Å²) in [5, 5.41) is 6.39. The molecule has 174 valence electrons. The van der Waals surface area contributed by atoms with E-state index in [4.69, 9.17) is 0 Å². The van der Waals surface area contributed by atoms with Crippen molar-refractivity contribution in [2.75, 3.05) is 33.7 Å². The maximum Gasteiger partial charge on any atom is 0.416 e. The van der Waals surface area contributed by atoms with Gasteiger partial charge < -0.3 is 20.4 Å². The average molecular weight is 553 g/mol. The topological polar surface area (TPSA) is 60.0 Å². The van der Waals surface area contributed by atoms with Crippen molar-refractivity contribution < 1.29 is 18.0 Å². The van der Waals surface area contributed by atoms with Crippen LogP contribution in [0, 0.1) is 0 Å². The summed E-state index contributed by atoms with van der Waals surface area (Å²) < 4.78 is 38.8. The van der Waals surface area contributed by atoms with E-state index in [1.807, 2.05) is 0 Å². The molecule has 2 fully saturated rings. The molecule has 1 heterocycles. The smallest absolute Gasteiger partial charge is 0.354 e. The number of amides is 1. The third kappa shape index (κ3) is 8.13. The summed E-state index contributed by atoms with van der Waals surface area (Å²) in [4.78, 5) is 20.4. The van der Waals surface area contributed by atoms with E-state index in [9.17, 15) is 18.0 Å². The van der Waals surface area contributed by atoms with E-state index in [2.05, 4.69) is 20.5 Å². The number of benzene rings is 1. The summed E-state index contributed by atoms with van der Waals surface area (Å²) >= 11 is 0. The van der Waals surface area contributed by atoms with Gasteiger partial charge in [-0.25, -0.2) is 4.99 Å². The SMILES string of the molecule is CN(C)C(=O)CNC(=NCc1cccc(C(F)(F)F)c1)NC1CCN(C2CC2)CC1.I. The number of halogens is 4. The van der Waals surface area contributed by atoms with Gasteiger partial charge in [-0.05, 0) is 43.4 Å². The molecular formula is C21H31F3IN5O. The van der Waals surface area contributed by atoms with Crippen molar-refractivity contribution in [1.82, 2.24) is 20.4 Å². The third-order valence-electron chi connectivity index (χ3n) is 5.51. The van der Waals surface area contributed by atoms with Crippen LogP contribution in [0.3, 0.4) is 0 Å². The molecule has 1 saturated carbocycles. The number of carbonyl (C=O) groups is 1. The van der Waals surface area contributed by atoms with E-state index in [0.29, 0.717) is 11.5 Å². The number of nitrogens with zero attached hydrogens (tertiary/aromatic N) is 3. The van der Waals surface area contributed by atoms with Crippen molar-refractivity contribution in [3.8, 4) is 0 Å². The van der Waals surface area contributed by atoms with Gasteiger partial charge in [-0.2, -0.15) is 13.2 Å². The predicted octanol–water partition coefficient (Wildman–Crippen LogP) is 3.07. The van der Waals surface area contributed by atoms with Crippen molar-refractivity contribution in [1.29, 1.82) is 0 Å². The fourth-order valence-electron chi connectivity index (χ4n) is 3.53. The maximum atomic E-state index is 12.9. The largest absolute Gasteiger partial charge is 0.416 e. The lowest BCUT2D eigenvalue weighted by Gasteiger charge is -2.33. The molecule has 0 spiro atoms. The Labute approximate surface area is 198 Å². The van der Waals surface area contributed by atoms with Gasteiger partial charge in [0, 0.05) is 39.3 Å². The van der Waals surface area contributed by atoms with E-state index in [1.165, 1.54) is 23.8 Å². The summed E-state index contributed by atoms with van der Waals surface area (Å²) in [6, 6.07) is 6.14. The van der Waals surface area contributed by atoms with Crippen LogP contribution in [0.15, 0.2) is 29.3 Å². The first-order valence-corrected chi connectivity index (χ1v) is 10.4. The molecule has 1 aromatic rings. The number of alkyl halides is 3. The van der Waals surface area contributed by atoms with Gasteiger partial charge in [0.05, 0.1) is 18.7 Å². The van der Waals surface area contributed by atoms with Crippen LogP contribution in [0.25, 0.3) is 0 Å². The molecular weight excluding hydrogens is 522 g/mol. The zero-order valence-corrected chi connectivity index (χ0v) is 20.2. The fraction of sp³-hybridized carbons (Fsp3) is 0.619. The normalized spacial score (nSPS) is 18.3. The number of rotatable bonds is 6. The molecule has 1 saturated heterocycles. The number of hydrogen-bond acceptors (Lipinski definition) is 3. The highest BCUT2D eigenvalue weighted by Crippen LogP contribution is 2.30. The number of piperidine rings is 1. The van der Waals surface area contributed by atoms with Crippen molar-refractivity contribution in [3.05, 3.63) is 35.4 Å². The molecule has 1 amide bonds. The highest BCUT2D eigenvalue weighted by molar-refractivity contribution is 14.0. The minimum absolute atomic E-state index is 0. The van der Waals surface area contributed by atoms with Gasteiger partial charge in [0.15, 0.2) is 5.96 Å². The molecule has 1 aliphatic heterocycles. The second-order valence-corrected chi connectivity index (χ2v) is 8.19. The van der Waals surface area contributed by atoms with Gasteiger partial charge in [-0.1, -0.05) is 12.1 Å². The Kier molecular flexibility index (Phi) is 9.41. The van der Waals surface area contributed by atoms with Gasteiger partial charge in [0.2, 0.25) is 5.91 Å². The summed E-state index contributed by atoms with van der Waals surface area (Å²) in [6.45, 7) is 2.22. The summed E-state index contributed by atoms with van der Waals surface area (Å²) in [5.74, 6) is 0.347. The Balaban J connectivity index is 0.00000341. The van der Waals surface area contributed by atoms with E-state index in [0.717, 1.165) is 44.1 Å². The number of guanidine groups is 1. The van der Waals surface area contributed by atoms with Crippen LogP contribution < -0.4 is 10.6 Å². The number of carbonyl (C=O) groups excluding carboxylic acids is 1. The molecule has 0 bridgehead atoms. The van der Waals surface area contributed by atoms with Crippen molar-refractivity contribution in [2.24, 2.45) is 4.99 Å². The maximum absolute atomic E-state index is 12.9. The molecule has 10 heteroatoms. The van der Waals surface area contributed by atoms with E-state index in [-0.39, 0.29) is 49.0 Å². The summed E-state index contributed by atoms with van der Waals surface area (Å²) in [6.07, 6.45) is 0.142. The minimum atomic E-state index is -4.38. The van der Waals surface area contributed by atoms with Crippen LogP contribution in [0.2, 0.25) is 0 Å². The Morgan fingerprint density at radius 1 is 1.19 bits per heavy atom. The third-order valence-corrected chi connectivity index (χ3v) is 5.51. The van der Waals surface area contributed by atoms with E-state index < -0.39 is 11.7 Å². The monoisotopic (exact) mass is 553 g/mol. The Bertz CT molecular complexity index is 760. The van der Waals surface area contributed by atoms with Crippen LogP contribution in [-0.4, -0.2) is 67.5 Å². The molecule has 3 rings (SSSR count). The number of likely N-dealkylation sites (tertiary alicyclic amines) is 1. The highest BCUT2D eigenvalue weighted by Gasteiger charge is 2.32. The summed E-state index contributed by atoms with van der Waals surface area (Å²) in [7, 11) is 3.34.